The van der Waals surface area contributed by atoms with Gasteiger partial charge in [0, 0.05) is 11.6 Å². The molecule has 3 N–H and O–H groups in total. The van der Waals surface area contributed by atoms with Crippen molar-refractivity contribution in [3.05, 3.63) is 29.3 Å². The molecule has 0 aliphatic heterocycles. The number of nitrogens with one attached hydrogen (secondary N) is 1. The SMILES string of the molecule is CCOCC(NN)C(C)Oc1cccc(Cl)c1. The van der Waals surface area contributed by atoms with Gasteiger partial charge in [-0.25, -0.2) is 0 Å². The molecule has 1 aromatic carbocycles. The molecule has 0 spiro atoms. The summed E-state index contributed by atoms with van der Waals surface area (Å²) >= 11 is 5.88. The molecule has 0 saturated heterocycles. The number of nitrogens with two attached hydrogens (primary N) is 1. The highest BCUT2D eigenvalue weighted by Gasteiger charge is 2.17. The van der Waals surface area contributed by atoms with Gasteiger partial charge in [-0.05, 0) is 32.0 Å². The Morgan fingerprint density at radius 1 is 1.47 bits per heavy atom. The van der Waals surface area contributed by atoms with Gasteiger partial charge in [0.05, 0.1) is 12.6 Å². The van der Waals surface area contributed by atoms with E-state index < -0.39 is 0 Å². The normalized spacial score (nSPS) is 14.4. The van der Waals surface area contributed by atoms with Crippen LogP contribution in [0.2, 0.25) is 5.02 Å². The Kier molecular flexibility index (Phi) is 6.29. The lowest BCUT2D eigenvalue weighted by Gasteiger charge is -2.24. The molecule has 0 heterocycles. The fraction of sp³-hybridized carbons (Fsp3) is 0.500. The predicted molar refractivity (Wildman–Crippen MR) is 69.1 cm³/mol. The minimum absolute atomic E-state index is 0.0612. The van der Waals surface area contributed by atoms with Crippen LogP contribution >= 0.6 is 11.6 Å². The van der Waals surface area contributed by atoms with Gasteiger partial charge in [0.2, 0.25) is 0 Å². The maximum atomic E-state index is 5.88. The number of benzene rings is 1. The molecule has 96 valence electrons. The number of rotatable bonds is 7. The highest BCUT2D eigenvalue weighted by molar-refractivity contribution is 6.30. The summed E-state index contributed by atoms with van der Waals surface area (Å²) < 4.78 is 11.1. The van der Waals surface area contributed by atoms with E-state index >= 15 is 0 Å². The number of hydrogen-bond donors (Lipinski definition) is 2. The van der Waals surface area contributed by atoms with Crippen LogP contribution in [0.5, 0.6) is 5.75 Å². The van der Waals surface area contributed by atoms with Gasteiger partial charge in [0.15, 0.2) is 0 Å². The lowest BCUT2D eigenvalue weighted by Crippen LogP contribution is -2.48. The van der Waals surface area contributed by atoms with Crippen molar-refractivity contribution < 1.29 is 9.47 Å². The van der Waals surface area contributed by atoms with Crippen LogP contribution in [-0.4, -0.2) is 25.4 Å². The molecule has 4 nitrogen and oxygen atoms in total. The van der Waals surface area contributed by atoms with E-state index in [9.17, 15) is 0 Å². The number of hydrogen-bond acceptors (Lipinski definition) is 4. The Morgan fingerprint density at radius 3 is 2.82 bits per heavy atom. The molecule has 0 bridgehead atoms. The Hall–Kier alpha value is -0.810. The largest absolute Gasteiger partial charge is 0.489 e. The van der Waals surface area contributed by atoms with Crippen LogP contribution in [0.1, 0.15) is 13.8 Å². The van der Waals surface area contributed by atoms with Crippen LogP contribution in [0, 0.1) is 0 Å². The first-order valence-electron chi connectivity index (χ1n) is 5.63. The predicted octanol–water partition coefficient (Wildman–Crippen LogP) is 1.98. The van der Waals surface area contributed by atoms with Crippen molar-refractivity contribution in [2.75, 3.05) is 13.2 Å². The van der Waals surface area contributed by atoms with Gasteiger partial charge >= 0.3 is 0 Å². The second-order valence-corrected chi connectivity index (χ2v) is 4.15. The maximum Gasteiger partial charge on any atom is 0.121 e. The van der Waals surface area contributed by atoms with Crippen molar-refractivity contribution in [3.63, 3.8) is 0 Å². The van der Waals surface area contributed by atoms with Gasteiger partial charge < -0.3 is 9.47 Å². The summed E-state index contributed by atoms with van der Waals surface area (Å²) in [7, 11) is 0. The lowest BCUT2D eigenvalue weighted by molar-refractivity contribution is 0.0724. The maximum absolute atomic E-state index is 5.88. The minimum atomic E-state index is -0.106. The Labute approximate surface area is 107 Å². The van der Waals surface area contributed by atoms with Crippen molar-refractivity contribution in [3.8, 4) is 5.75 Å². The summed E-state index contributed by atoms with van der Waals surface area (Å²) in [6.45, 7) is 5.04. The van der Waals surface area contributed by atoms with E-state index in [1.165, 1.54) is 0 Å². The Balaban J connectivity index is 2.54. The highest BCUT2D eigenvalue weighted by atomic mass is 35.5. The number of hydrazine groups is 1. The summed E-state index contributed by atoms with van der Waals surface area (Å²) in [5.41, 5.74) is 2.69. The third-order valence-electron chi connectivity index (χ3n) is 2.40. The summed E-state index contributed by atoms with van der Waals surface area (Å²) in [6.07, 6.45) is -0.106. The molecule has 17 heavy (non-hydrogen) atoms. The third kappa shape index (κ3) is 4.91. The third-order valence-corrected chi connectivity index (χ3v) is 2.64. The second kappa shape index (κ2) is 7.50. The average Bonchev–Trinajstić information content (AvgIpc) is 2.30. The standard InChI is InChI=1S/C12H19ClN2O2/c1-3-16-8-12(15-14)9(2)17-11-6-4-5-10(13)7-11/h4-7,9,12,15H,3,8,14H2,1-2H3. The van der Waals surface area contributed by atoms with Crippen LogP contribution in [0.15, 0.2) is 24.3 Å². The van der Waals surface area contributed by atoms with Crippen molar-refractivity contribution in [1.82, 2.24) is 5.43 Å². The van der Waals surface area contributed by atoms with E-state index in [4.69, 9.17) is 26.9 Å². The summed E-state index contributed by atoms with van der Waals surface area (Å²) in [5.74, 6) is 6.19. The van der Waals surface area contributed by atoms with Crippen LogP contribution in [-0.2, 0) is 4.74 Å². The first-order chi connectivity index (χ1) is 8.17. The fourth-order valence-corrected chi connectivity index (χ4v) is 1.58. The van der Waals surface area contributed by atoms with Crippen LogP contribution in [0.3, 0.4) is 0 Å². The summed E-state index contributed by atoms with van der Waals surface area (Å²) in [4.78, 5) is 0. The first-order valence-corrected chi connectivity index (χ1v) is 6.01. The fourth-order valence-electron chi connectivity index (χ4n) is 1.40. The Bertz CT molecular complexity index is 336. The zero-order valence-electron chi connectivity index (χ0n) is 10.2. The smallest absolute Gasteiger partial charge is 0.121 e. The monoisotopic (exact) mass is 258 g/mol. The van der Waals surface area contributed by atoms with Crippen LogP contribution < -0.4 is 16.0 Å². The van der Waals surface area contributed by atoms with E-state index in [0.29, 0.717) is 18.2 Å². The van der Waals surface area contributed by atoms with E-state index in [1.807, 2.05) is 26.0 Å². The average molecular weight is 259 g/mol. The van der Waals surface area contributed by atoms with Gasteiger partial charge in [-0.2, -0.15) is 0 Å². The number of halogens is 1. The quantitative estimate of drug-likeness (QED) is 0.580. The molecule has 5 heteroatoms. The molecule has 0 radical (unpaired) electrons. The molecule has 0 saturated carbocycles. The molecule has 0 aromatic heterocycles. The van der Waals surface area contributed by atoms with Crippen molar-refractivity contribution in [2.45, 2.75) is 26.0 Å². The molecule has 2 unspecified atom stereocenters. The summed E-state index contributed by atoms with van der Waals surface area (Å²) in [6, 6.07) is 7.22. The molecule has 1 rings (SSSR count). The van der Waals surface area contributed by atoms with E-state index in [2.05, 4.69) is 5.43 Å². The minimum Gasteiger partial charge on any atom is -0.489 e. The van der Waals surface area contributed by atoms with E-state index in [0.717, 1.165) is 5.75 Å². The zero-order valence-corrected chi connectivity index (χ0v) is 10.9. The molecule has 0 amide bonds. The van der Waals surface area contributed by atoms with Crippen LogP contribution in [0.25, 0.3) is 0 Å². The second-order valence-electron chi connectivity index (χ2n) is 3.71. The molecular weight excluding hydrogens is 240 g/mol. The summed E-state index contributed by atoms with van der Waals surface area (Å²) in [5, 5.41) is 0.650. The van der Waals surface area contributed by atoms with E-state index in [-0.39, 0.29) is 12.1 Å². The van der Waals surface area contributed by atoms with Crippen molar-refractivity contribution in [1.29, 1.82) is 0 Å². The molecule has 1 aromatic rings. The molecular formula is C12H19ClN2O2. The lowest BCUT2D eigenvalue weighted by atomic mass is 10.2. The van der Waals surface area contributed by atoms with Gasteiger partial charge in [-0.1, -0.05) is 17.7 Å². The van der Waals surface area contributed by atoms with Gasteiger partial charge in [0.25, 0.3) is 0 Å². The van der Waals surface area contributed by atoms with Gasteiger partial charge in [-0.3, -0.25) is 11.3 Å². The molecule has 0 aliphatic rings. The van der Waals surface area contributed by atoms with Gasteiger partial charge in [-0.15, -0.1) is 0 Å². The molecule has 0 fully saturated rings. The highest BCUT2D eigenvalue weighted by Crippen LogP contribution is 2.19. The zero-order chi connectivity index (χ0) is 12.7. The molecule has 2 atom stereocenters. The number of ether oxygens (including phenoxy) is 2. The van der Waals surface area contributed by atoms with Gasteiger partial charge in [0.1, 0.15) is 11.9 Å². The van der Waals surface area contributed by atoms with Crippen molar-refractivity contribution >= 4 is 11.6 Å². The van der Waals surface area contributed by atoms with E-state index in [1.54, 1.807) is 12.1 Å². The topological polar surface area (TPSA) is 56.5 Å². The molecule has 0 aliphatic carbocycles. The van der Waals surface area contributed by atoms with Crippen LogP contribution in [0.4, 0.5) is 0 Å². The first kappa shape index (κ1) is 14.3. The Morgan fingerprint density at radius 2 is 2.24 bits per heavy atom. The van der Waals surface area contributed by atoms with Crippen molar-refractivity contribution in [2.24, 2.45) is 5.84 Å².